The predicted molar refractivity (Wildman–Crippen MR) is 94.6 cm³/mol. The molecule has 1 heterocycles. The number of fused-ring (bicyclic) bond motifs is 1. The fraction of sp³-hybridized carbons (Fsp3) is 0.158. The number of carbonyl (C=O) groups excluding carboxylic acids is 2. The first-order valence-corrected chi connectivity index (χ1v) is 8.15. The van der Waals surface area contributed by atoms with Crippen molar-refractivity contribution in [3.8, 4) is 17.2 Å². The Balaban J connectivity index is 1.43. The summed E-state index contributed by atoms with van der Waals surface area (Å²) in [5, 5.41) is 0. The minimum Gasteiger partial charge on any atom is -0.486 e. The third kappa shape index (κ3) is 5.46. The van der Waals surface area contributed by atoms with Crippen LogP contribution in [0.5, 0.6) is 17.2 Å². The summed E-state index contributed by atoms with van der Waals surface area (Å²) in [5.41, 5.74) is 5.21. The van der Waals surface area contributed by atoms with Gasteiger partial charge in [-0.15, -0.1) is 0 Å². The van der Waals surface area contributed by atoms with Crippen molar-refractivity contribution >= 4 is 17.9 Å². The summed E-state index contributed by atoms with van der Waals surface area (Å²) >= 11 is 0. The summed E-state index contributed by atoms with van der Waals surface area (Å²) in [6.07, 6.45) is 2.85. The molecule has 2 amide bonds. The van der Waals surface area contributed by atoms with Crippen molar-refractivity contribution in [3.05, 3.63) is 59.9 Å². The van der Waals surface area contributed by atoms with Gasteiger partial charge in [0.25, 0.3) is 11.8 Å². The Bertz CT molecular complexity index is 852. The number of hydrazine groups is 1. The average Bonchev–Trinajstić information content (AvgIpc) is 2.70. The maximum absolute atomic E-state index is 12.8. The van der Waals surface area contributed by atoms with Crippen molar-refractivity contribution in [2.75, 3.05) is 19.8 Å². The maximum atomic E-state index is 12.8. The Kier molecular flexibility index (Phi) is 5.88. The number of amides is 2. The van der Waals surface area contributed by atoms with Gasteiger partial charge in [-0.2, -0.15) is 0 Å². The third-order valence-electron chi connectivity index (χ3n) is 3.50. The first-order chi connectivity index (χ1) is 13.1. The molecule has 2 aromatic rings. The number of nitrogens with one attached hydrogen (secondary N) is 2. The van der Waals surface area contributed by atoms with E-state index in [1.165, 1.54) is 30.3 Å². The van der Waals surface area contributed by atoms with Crippen LogP contribution >= 0.6 is 0 Å². The lowest BCUT2D eigenvalue weighted by Gasteiger charge is -2.18. The molecule has 0 aromatic heterocycles. The molecule has 2 aromatic carbocycles. The molecule has 1 aliphatic heterocycles. The van der Waals surface area contributed by atoms with Crippen LogP contribution in [0.4, 0.5) is 4.39 Å². The van der Waals surface area contributed by atoms with Gasteiger partial charge in [-0.05, 0) is 48.0 Å². The molecule has 3 rings (SSSR count). The normalized spacial score (nSPS) is 12.5. The summed E-state index contributed by atoms with van der Waals surface area (Å²) in [6, 6.07) is 10.5. The fourth-order valence-corrected chi connectivity index (χ4v) is 2.22. The second-order valence-corrected chi connectivity index (χ2v) is 5.52. The lowest BCUT2D eigenvalue weighted by Crippen LogP contribution is -2.43. The molecular formula is C19H17FN2O5. The third-order valence-corrected chi connectivity index (χ3v) is 3.50. The van der Waals surface area contributed by atoms with Crippen molar-refractivity contribution in [2.24, 2.45) is 0 Å². The van der Waals surface area contributed by atoms with E-state index in [0.717, 1.165) is 5.56 Å². The van der Waals surface area contributed by atoms with E-state index in [9.17, 15) is 14.0 Å². The molecule has 0 spiro atoms. The minimum absolute atomic E-state index is 0.322. The zero-order valence-corrected chi connectivity index (χ0v) is 14.2. The number of hydrogen-bond acceptors (Lipinski definition) is 5. The van der Waals surface area contributed by atoms with Crippen molar-refractivity contribution in [1.82, 2.24) is 10.9 Å². The van der Waals surface area contributed by atoms with Gasteiger partial charge in [-0.3, -0.25) is 20.4 Å². The molecule has 7 nitrogen and oxygen atoms in total. The van der Waals surface area contributed by atoms with Gasteiger partial charge >= 0.3 is 0 Å². The van der Waals surface area contributed by atoms with Crippen LogP contribution < -0.4 is 25.1 Å². The van der Waals surface area contributed by atoms with Crippen molar-refractivity contribution < 1.29 is 28.2 Å². The van der Waals surface area contributed by atoms with Crippen LogP contribution in [0.15, 0.2) is 48.5 Å². The predicted octanol–water partition coefficient (Wildman–Crippen LogP) is 1.84. The standard InChI is InChI=1S/C19H17FN2O5/c20-14-3-5-15(6-4-14)27-12-19(24)22-21-18(23)8-2-13-1-7-16-17(11-13)26-10-9-25-16/h1-8,11H,9-10,12H2,(H,21,23)(H,22,24)/b8-2+. The molecule has 27 heavy (non-hydrogen) atoms. The molecule has 0 bridgehead atoms. The Labute approximate surface area is 154 Å². The van der Waals surface area contributed by atoms with Gasteiger partial charge in [-0.25, -0.2) is 4.39 Å². The van der Waals surface area contributed by atoms with Gasteiger partial charge in [0, 0.05) is 6.08 Å². The van der Waals surface area contributed by atoms with Crippen LogP contribution in [0, 0.1) is 5.82 Å². The molecule has 8 heteroatoms. The maximum Gasteiger partial charge on any atom is 0.276 e. The lowest BCUT2D eigenvalue weighted by atomic mass is 10.2. The molecule has 0 saturated carbocycles. The van der Waals surface area contributed by atoms with Crippen LogP contribution in [0.25, 0.3) is 6.08 Å². The van der Waals surface area contributed by atoms with Gasteiger partial charge in [0.2, 0.25) is 0 Å². The van der Waals surface area contributed by atoms with Crippen molar-refractivity contribution in [2.45, 2.75) is 0 Å². The number of benzene rings is 2. The molecule has 2 N–H and O–H groups in total. The average molecular weight is 372 g/mol. The Morgan fingerprint density at radius 1 is 1.04 bits per heavy atom. The number of ether oxygens (including phenoxy) is 3. The van der Waals surface area contributed by atoms with E-state index in [1.54, 1.807) is 24.3 Å². The van der Waals surface area contributed by atoms with E-state index in [1.807, 2.05) is 0 Å². The monoisotopic (exact) mass is 372 g/mol. The van der Waals surface area contributed by atoms with Crippen LogP contribution in [0.2, 0.25) is 0 Å². The quantitative estimate of drug-likeness (QED) is 0.618. The highest BCUT2D eigenvalue weighted by Crippen LogP contribution is 2.31. The van der Waals surface area contributed by atoms with E-state index in [4.69, 9.17) is 14.2 Å². The smallest absolute Gasteiger partial charge is 0.276 e. The highest BCUT2D eigenvalue weighted by atomic mass is 19.1. The van der Waals surface area contributed by atoms with Crippen LogP contribution in [0.1, 0.15) is 5.56 Å². The first-order valence-electron chi connectivity index (χ1n) is 8.15. The summed E-state index contributed by atoms with van der Waals surface area (Å²) in [4.78, 5) is 23.4. The first kappa shape index (κ1) is 18.2. The van der Waals surface area contributed by atoms with E-state index in [0.29, 0.717) is 30.5 Å². The van der Waals surface area contributed by atoms with Crippen LogP contribution in [-0.4, -0.2) is 31.6 Å². The van der Waals surface area contributed by atoms with Gasteiger partial charge < -0.3 is 14.2 Å². The van der Waals surface area contributed by atoms with E-state index in [2.05, 4.69) is 10.9 Å². The Morgan fingerprint density at radius 2 is 1.78 bits per heavy atom. The second kappa shape index (κ2) is 8.70. The number of halogens is 1. The van der Waals surface area contributed by atoms with Crippen LogP contribution in [-0.2, 0) is 9.59 Å². The zero-order valence-electron chi connectivity index (χ0n) is 14.2. The molecule has 1 aliphatic rings. The molecule has 0 atom stereocenters. The largest absolute Gasteiger partial charge is 0.486 e. The fourth-order valence-electron chi connectivity index (χ4n) is 2.22. The topological polar surface area (TPSA) is 85.9 Å². The minimum atomic E-state index is -0.555. The zero-order chi connectivity index (χ0) is 19.1. The van der Waals surface area contributed by atoms with Gasteiger partial charge in [-0.1, -0.05) is 6.07 Å². The van der Waals surface area contributed by atoms with Crippen molar-refractivity contribution in [3.63, 3.8) is 0 Å². The Hall–Kier alpha value is -3.55. The molecule has 140 valence electrons. The highest BCUT2D eigenvalue weighted by molar-refractivity contribution is 5.93. The molecule has 0 saturated heterocycles. The SMILES string of the molecule is O=C(/C=C/c1ccc2c(c1)OCCO2)NNC(=O)COc1ccc(F)cc1. The lowest BCUT2D eigenvalue weighted by molar-refractivity contribution is -0.128. The van der Waals surface area contributed by atoms with Crippen molar-refractivity contribution in [1.29, 1.82) is 0 Å². The van der Waals surface area contributed by atoms with Gasteiger partial charge in [0.15, 0.2) is 18.1 Å². The summed E-state index contributed by atoms with van der Waals surface area (Å²) < 4.78 is 28.8. The highest BCUT2D eigenvalue weighted by Gasteiger charge is 2.11. The number of hydrogen-bond donors (Lipinski definition) is 2. The second-order valence-electron chi connectivity index (χ2n) is 5.52. The summed E-state index contributed by atoms with van der Waals surface area (Å²) in [7, 11) is 0. The van der Waals surface area contributed by atoms with E-state index < -0.39 is 17.6 Å². The number of carbonyl (C=O) groups is 2. The summed E-state index contributed by atoms with van der Waals surface area (Å²) in [6.45, 7) is 0.666. The van der Waals surface area contributed by atoms with Gasteiger partial charge in [0.1, 0.15) is 24.8 Å². The van der Waals surface area contributed by atoms with Gasteiger partial charge in [0.05, 0.1) is 0 Å². The van der Waals surface area contributed by atoms with E-state index in [-0.39, 0.29) is 6.61 Å². The molecule has 0 unspecified atom stereocenters. The molecule has 0 fully saturated rings. The molecular weight excluding hydrogens is 355 g/mol. The summed E-state index contributed by atoms with van der Waals surface area (Å²) in [5.74, 6) is 0.159. The molecule has 0 radical (unpaired) electrons. The molecule has 0 aliphatic carbocycles. The van der Waals surface area contributed by atoms with E-state index >= 15 is 0 Å². The Morgan fingerprint density at radius 3 is 2.56 bits per heavy atom. The number of rotatable bonds is 5. The van der Waals surface area contributed by atoms with Crippen LogP contribution in [0.3, 0.4) is 0 Å².